The largest absolute Gasteiger partial charge is 0.391 e. The number of rotatable bonds is 4. The smallest absolute Gasteiger partial charge is 0.146 e. The molecule has 0 saturated carbocycles. The van der Waals surface area contributed by atoms with Gasteiger partial charge in [0.05, 0.1) is 16.3 Å². The van der Waals surface area contributed by atoms with E-state index in [0.717, 1.165) is 0 Å². The SMILES string of the molecule is Fc1cccc(Cl)c1CON=Cc1ccc(Cl)cc1Cl. The van der Waals surface area contributed by atoms with Crippen LogP contribution in [0, 0.1) is 5.82 Å². The molecule has 0 heterocycles. The third-order valence-corrected chi connectivity index (χ3v) is 3.42. The molecule has 0 amide bonds. The van der Waals surface area contributed by atoms with Crippen LogP contribution in [-0.2, 0) is 11.4 Å². The molecule has 0 aliphatic heterocycles. The van der Waals surface area contributed by atoms with Crippen molar-refractivity contribution in [3.05, 3.63) is 68.4 Å². The summed E-state index contributed by atoms with van der Waals surface area (Å²) in [5, 5.41) is 5.01. The fraction of sp³-hybridized carbons (Fsp3) is 0.0714. The number of oxime groups is 1. The first-order valence-corrected chi connectivity index (χ1v) is 6.74. The summed E-state index contributed by atoms with van der Waals surface area (Å²) in [5.41, 5.74) is 0.907. The summed E-state index contributed by atoms with van der Waals surface area (Å²) in [7, 11) is 0. The van der Waals surface area contributed by atoms with Gasteiger partial charge >= 0.3 is 0 Å². The van der Waals surface area contributed by atoms with Gasteiger partial charge in [-0.25, -0.2) is 4.39 Å². The van der Waals surface area contributed by atoms with Crippen LogP contribution in [0.1, 0.15) is 11.1 Å². The second kappa shape index (κ2) is 6.93. The van der Waals surface area contributed by atoms with Gasteiger partial charge in [-0.15, -0.1) is 0 Å². The summed E-state index contributed by atoms with van der Waals surface area (Å²) in [4.78, 5) is 5.02. The summed E-state index contributed by atoms with van der Waals surface area (Å²) in [6.07, 6.45) is 1.42. The van der Waals surface area contributed by atoms with E-state index in [4.69, 9.17) is 39.6 Å². The van der Waals surface area contributed by atoms with Crippen molar-refractivity contribution in [1.29, 1.82) is 0 Å². The first-order chi connectivity index (χ1) is 9.58. The van der Waals surface area contributed by atoms with Crippen LogP contribution in [0.15, 0.2) is 41.6 Å². The Morgan fingerprint density at radius 2 is 1.90 bits per heavy atom. The molecule has 0 saturated heterocycles. The van der Waals surface area contributed by atoms with E-state index < -0.39 is 5.82 Å². The van der Waals surface area contributed by atoms with Crippen LogP contribution < -0.4 is 0 Å². The summed E-state index contributed by atoms with van der Waals surface area (Å²) in [5.74, 6) is -0.433. The average Bonchev–Trinajstić information content (AvgIpc) is 2.39. The predicted octanol–water partition coefficient (Wildman–Crippen LogP) is 5.34. The molecule has 2 rings (SSSR count). The Balaban J connectivity index is 2.01. The van der Waals surface area contributed by atoms with Gasteiger partial charge in [-0.2, -0.15) is 0 Å². The second-order valence-electron chi connectivity index (χ2n) is 3.87. The summed E-state index contributed by atoms with van der Waals surface area (Å²) in [6.45, 7) is -0.0623. The quantitative estimate of drug-likeness (QED) is 0.547. The Hall–Kier alpha value is -1.29. The summed E-state index contributed by atoms with van der Waals surface area (Å²) >= 11 is 17.6. The van der Waals surface area contributed by atoms with E-state index in [1.165, 1.54) is 18.3 Å². The molecule has 0 N–H and O–H groups in total. The minimum Gasteiger partial charge on any atom is -0.391 e. The summed E-state index contributed by atoms with van der Waals surface area (Å²) in [6, 6.07) is 9.40. The third kappa shape index (κ3) is 3.85. The van der Waals surface area contributed by atoms with Crippen LogP contribution in [0.2, 0.25) is 15.1 Å². The molecule has 0 atom stereocenters. The van der Waals surface area contributed by atoms with Crippen LogP contribution in [-0.4, -0.2) is 6.21 Å². The zero-order valence-electron chi connectivity index (χ0n) is 10.1. The maximum atomic E-state index is 13.5. The molecule has 6 heteroatoms. The van der Waals surface area contributed by atoms with Crippen LogP contribution in [0.25, 0.3) is 0 Å². The molecule has 0 aromatic heterocycles. The van der Waals surface area contributed by atoms with Crippen molar-refractivity contribution >= 4 is 41.0 Å². The Morgan fingerprint density at radius 3 is 2.60 bits per heavy atom. The molecule has 0 unspecified atom stereocenters. The first kappa shape index (κ1) is 15.1. The molecule has 0 bridgehead atoms. The number of hydrogen-bond acceptors (Lipinski definition) is 2. The molecule has 0 aliphatic rings. The zero-order valence-corrected chi connectivity index (χ0v) is 12.4. The van der Waals surface area contributed by atoms with Gasteiger partial charge in [0.1, 0.15) is 12.4 Å². The van der Waals surface area contributed by atoms with Gasteiger partial charge in [0.25, 0.3) is 0 Å². The maximum Gasteiger partial charge on any atom is 0.146 e. The molecule has 104 valence electrons. The molecule has 0 radical (unpaired) electrons. The lowest BCUT2D eigenvalue weighted by Crippen LogP contribution is -1.94. The Morgan fingerprint density at radius 1 is 1.10 bits per heavy atom. The van der Waals surface area contributed by atoms with Crippen molar-refractivity contribution in [1.82, 2.24) is 0 Å². The Labute approximate surface area is 130 Å². The monoisotopic (exact) mass is 331 g/mol. The van der Waals surface area contributed by atoms with Gasteiger partial charge in [-0.1, -0.05) is 52.1 Å². The minimum absolute atomic E-state index is 0.0623. The highest BCUT2D eigenvalue weighted by Gasteiger charge is 2.06. The number of hydrogen-bond donors (Lipinski definition) is 0. The first-order valence-electron chi connectivity index (χ1n) is 5.61. The normalized spacial score (nSPS) is 11.0. The van der Waals surface area contributed by atoms with Crippen molar-refractivity contribution in [3.8, 4) is 0 Å². The van der Waals surface area contributed by atoms with Gasteiger partial charge in [0.15, 0.2) is 0 Å². The van der Waals surface area contributed by atoms with Crippen molar-refractivity contribution in [3.63, 3.8) is 0 Å². The fourth-order valence-corrected chi connectivity index (χ4v) is 2.15. The highest BCUT2D eigenvalue weighted by molar-refractivity contribution is 6.36. The number of halogens is 4. The fourth-order valence-electron chi connectivity index (χ4n) is 1.47. The van der Waals surface area contributed by atoms with Gasteiger partial charge in [0, 0.05) is 16.1 Å². The highest BCUT2D eigenvalue weighted by Crippen LogP contribution is 2.21. The van der Waals surface area contributed by atoms with Gasteiger partial charge < -0.3 is 4.84 Å². The second-order valence-corrected chi connectivity index (χ2v) is 5.12. The third-order valence-electron chi connectivity index (χ3n) is 2.50. The van der Waals surface area contributed by atoms with E-state index in [0.29, 0.717) is 20.6 Å². The highest BCUT2D eigenvalue weighted by atomic mass is 35.5. The van der Waals surface area contributed by atoms with E-state index in [1.807, 2.05) is 0 Å². The topological polar surface area (TPSA) is 21.6 Å². The standard InChI is InChI=1S/C14H9Cl3FNO/c15-10-5-4-9(13(17)6-10)7-19-20-8-11-12(16)2-1-3-14(11)18/h1-7H,8H2. The van der Waals surface area contributed by atoms with Gasteiger partial charge in [-0.3, -0.25) is 0 Å². The lowest BCUT2D eigenvalue weighted by atomic mass is 10.2. The Bertz CT molecular complexity index is 626. The van der Waals surface area contributed by atoms with Crippen LogP contribution in [0.3, 0.4) is 0 Å². The molecule has 20 heavy (non-hydrogen) atoms. The van der Waals surface area contributed by atoms with Crippen molar-refractivity contribution in [2.24, 2.45) is 5.16 Å². The number of nitrogens with zero attached hydrogens (tertiary/aromatic N) is 1. The average molecular weight is 333 g/mol. The van der Waals surface area contributed by atoms with E-state index in [-0.39, 0.29) is 12.2 Å². The van der Waals surface area contributed by atoms with Crippen molar-refractivity contribution in [2.45, 2.75) is 6.61 Å². The number of benzene rings is 2. The molecule has 2 aromatic rings. The molecule has 0 aliphatic carbocycles. The molecule has 2 nitrogen and oxygen atoms in total. The molecule has 0 fully saturated rings. The van der Waals surface area contributed by atoms with Crippen LogP contribution in [0.4, 0.5) is 4.39 Å². The van der Waals surface area contributed by atoms with Crippen LogP contribution in [0.5, 0.6) is 0 Å². The molecular formula is C14H9Cl3FNO. The maximum absolute atomic E-state index is 13.5. The zero-order chi connectivity index (χ0) is 14.5. The van der Waals surface area contributed by atoms with Gasteiger partial charge in [-0.05, 0) is 24.3 Å². The molecular weight excluding hydrogens is 324 g/mol. The van der Waals surface area contributed by atoms with E-state index in [9.17, 15) is 4.39 Å². The van der Waals surface area contributed by atoms with Gasteiger partial charge in [0.2, 0.25) is 0 Å². The molecule has 0 spiro atoms. The lowest BCUT2D eigenvalue weighted by molar-refractivity contribution is 0.129. The van der Waals surface area contributed by atoms with E-state index >= 15 is 0 Å². The lowest BCUT2D eigenvalue weighted by Gasteiger charge is -2.04. The summed E-state index contributed by atoms with van der Waals surface area (Å²) < 4.78 is 13.5. The van der Waals surface area contributed by atoms with E-state index in [1.54, 1.807) is 24.3 Å². The minimum atomic E-state index is -0.433. The van der Waals surface area contributed by atoms with Crippen molar-refractivity contribution < 1.29 is 9.23 Å². The van der Waals surface area contributed by atoms with Crippen molar-refractivity contribution in [2.75, 3.05) is 0 Å². The predicted molar refractivity (Wildman–Crippen MR) is 80.3 cm³/mol. The Kier molecular flexibility index (Phi) is 5.24. The van der Waals surface area contributed by atoms with E-state index in [2.05, 4.69) is 5.16 Å². The van der Waals surface area contributed by atoms with Crippen LogP contribution >= 0.6 is 34.8 Å². The molecule has 2 aromatic carbocycles.